The number of anilines is 1. The lowest BCUT2D eigenvalue weighted by molar-refractivity contribution is -0.155. The van der Waals surface area contributed by atoms with Gasteiger partial charge < -0.3 is 34.5 Å². The van der Waals surface area contributed by atoms with Crippen LogP contribution in [0.5, 0.6) is 5.75 Å². The summed E-state index contributed by atoms with van der Waals surface area (Å²) in [4.78, 5) is 30.4. The van der Waals surface area contributed by atoms with Gasteiger partial charge in [-0.3, -0.25) is 14.7 Å². The lowest BCUT2D eigenvalue weighted by Gasteiger charge is -2.41. The van der Waals surface area contributed by atoms with Gasteiger partial charge in [-0.2, -0.15) is 13.2 Å². The SMILES string of the molecule is C[C@@H]1Cc2c([nH]c3ccccc23)[C@@H](c2ccc(N3CCC4(CC3)CC(CN3CCC5(CC3)COc3c5ccc5c3CN(C3CCCNC3)C5=O)CO4)cn2)N1CC(F)(F)F. The van der Waals surface area contributed by atoms with Gasteiger partial charge in [0.2, 0.25) is 0 Å². The number of pyridine rings is 1. The molecule has 7 aliphatic heterocycles. The van der Waals surface area contributed by atoms with Crippen LogP contribution in [0.15, 0.2) is 54.7 Å². The molecule has 1 amide bonds. The van der Waals surface area contributed by atoms with E-state index >= 15 is 0 Å². The number of aromatic nitrogens is 2. The van der Waals surface area contributed by atoms with Crippen molar-refractivity contribution in [3.05, 3.63) is 88.4 Å². The Morgan fingerprint density at radius 2 is 1.82 bits per heavy atom. The number of likely N-dealkylation sites (tertiary alicyclic amines) is 1. The molecule has 2 aromatic carbocycles. The smallest absolute Gasteiger partial charge is 0.401 e. The highest BCUT2D eigenvalue weighted by Crippen LogP contribution is 2.50. The van der Waals surface area contributed by atoms with Crippen molar-refractivity contribution >= 4 is 22.5 Å². The molecule has 4 fully saturated rings. The molecule has 13 heteroatoms. The van der Waals surface area contributed by atoms with Crippen molar-refractivity contribution in [3.8, 4) is 5.75 Å². The van der Waals surface area contributed by atoms with Gasteiger partial charge >= 0.3 is 6.18 Å². The molecule has 2 aromatic heterocycles. The zero-order chi connectivity index (χ0) is 40.8. The number of hydrogen-bond acceptors (Lipinski definition) is 8. The minimum atomic E-state index is -4.32. The van der Waals surface area contributed by atoms with Crippen molar-refractivity contribution in [2.45, 2.75) is 100 Å². The van der Waals surface area contributed by atoms with E-state index < -0.39 is 18.8 Å². The summed E-state index contributed by atoms with van der Waals surface area (Å²) in [5.74, 6) is 1.64. The summed E-state index contributed by atoms with van der Waals surface area (Å²) in [6, 6.07) is 15.6. The second kappa shape index (κ2) is 14.7. The number of aromatic amines is 1. The Morgan fingerprint density at radius 3 is 2.58 bits per heavy atom. The molecular weight excluding hydrogens is 768 g/mol. The van der Waals surface area contributed by atoms with Gasteiger partial charge in [0, 0.05) is 77.0 Å². The molecule has 4 atom stereocenters. The summed E-state index contributed by atoms with van der Waals surface area (Å²) in [5, 5.41) is 4.54. The maximum atomic E-state index is 13.9. The molecule has 10 nitrogen and oxygen atoms in total. The molecule has 60 heavy (non-hydrogen) atoms. The number of halogens is 3. The molecule has 2 N–H and O–H groups in total. The normalized spacial score (nSPS) is 27.8. The van der Waals surface area contributed by atoms with Gasteiger partial charge in [-0.05, 0) is 114 Å². The summed E-state index contributed by atoms with van der Waals surface area (Å²) in [6.45, 7) is 9.80. The van der Waals surface area contributed by atoms with Crippen LogP contribution < -0.4 is 15.0 Å². The zero-order valence-corrected chi connectivity index (χ0v) is 34.5. The van der Waals surface area contributed by atoms with E-state index in [0.717, 1.165) is 142 Å². The summed E-state index contributed by atoms with van der Waals surface area (Å²) >= 11 is 0. The first-order valence-corrected chi connectivity index (χ1v) is 22.4. The first-order chi connectivity index (χ1) is 29.1. The van der Waals surface area contributed by atoms with Crippen LogP contribution in [-0.2, 0) is 23.1 Å². The maximum absolute atomic E-state index is 13.9. The minimum Gasteiger partial charge on any atom is -0.492 e. The topological polar surface area (TPSA) is 89.2 Å². The average Bonchev–Trinajstić information content (AvgIpc) is 4.02. The molecule has 2 unspecified atom stereocenters. The van der Waals surface area contributed by atoms with Gasteiger partial charge in [-0.25, -0.2) is 0 Å². The molecule has 11 rings (SSSR count). The van der Waals surface area contributed by atoms with Crippen molar-refractivity contribution in [1.82, 2.24) is 30.0 Å². The van der Waals surface area contributed by atoms with Crippen LogP contribution in [0.2, 0.25) is 0 Å². The van der Waals surface area contributed by atoms with E-state index in [1.165, 1.54) is 5.56 Å². The monoisotopic (exact) mass is 823 g/mol. The van der Waals surface area contributed by atoms with Crippen molar-refractivity contribution in [2.75, 3.05) is 70.5 Å². The number of rotatable bonds is 6. The predicted molar refractivity (Wildman–Crippen MR) is 224 cm³/mol. The number of ether oxygens (including phenoxy) is 2. The number of H-pyrrole nitrogens is 1. The largest absolute Gasteiger partial charge is 0.492 e. The maximum Gasteiger partial charge on any atom is 0.401 e. The molecule has 318 valence electrons. The van der Waals surface area contributed by atoms with Crippen LogP contribution in [0, 0.1) is 5.92 Å². The van der Waals surface area contributed by atoms with Crippen LogP contribution in [0.4, 0.5) is 18.9 Å². The molecule has 4 saturated heterocycles. The van der Waals surface area contributed by atoms with Gasteiger partial charge in [0.15, 0.2) is 0 Å². The number of para-hydroxylation sites is 1. The predicted octanol–water partition coefficient (Wildman–Crippen LogP) is 6.97. The molecule has 0 aliphatic carbocycles. The molecule has 0 bridgehead atoms. The third-order valence-electron chi connectivity index (χ3n) is 15.4. The number of amides is 1. The number of fused-ring (bicyclic) bond motifs is 7. The van der Waals surface area contributed by atoms with Gasteiger partial charge in [0.05, 0.1) is 55.5 Å². The minimum absolute atomic E-state index is 0.0216. The highest BCUT2D eigenvalue weighted by Gasteiger charge is 2.49. The highest BCUT2D eigenvalue weighted by molar-refractivity contribution is 5.99. The van der Waals surface area contributed by atoms with Crippen LogP contribution in [0.25, 0.3) is 10.9 Å². The van der Waals surface area contributed by atoms with Crippen molar-refractivity contribution in [3.63, 3.8) is 0 Å². The Balaban J connectivity index is 0.705. The number of piperidine rings is 3. The Labute approximate surface area is 349 Å². The molecule has 0 saturated carbocycles. The van der Waals surface area contributed by atoms with Crippen LogP contribution in [0.1, 0.15) is 96.3 Å². The molecule has 9 heterocycles. The number of hydrogen-bond donors (Lipinski definition) is 2. The Kier molecular flexibility index (Phi) is 9.51. The zero-order valence-electron chi connectivity index (χ0n) is 34.5. The van der Waals surface area contributed by atoms with Crippen molar-refractivity contribution < 1.29 is 27.4 Å². The van der Waals surface area contributed by atoms with E-state index in [2.05, 4.69) is 43.2 Å². The summed E-state index contributed by atoms with van der Waals surface area (Å²) < 4.78 is 55.0. The van der Waals surface area contributed by atoms with Gasteiger partial charge in [-0.15, -0.1) is 0 Å². The summed E-state index contributed by atoms with van der Waals surface area (Å²) in [7, 11) is 0. The number of carbonyl (C=O) groups excluding carboxylic acids is 1. The van der Waals surface area contributed by atoms with Crippen LogP contribution in [0.3, 0.4) is 0 Å². The number of benzene rings is 2. The van der Waals surface area contributed by atoms with E-state index in [1.54, 1.807) is 4.90 Å². The van der Waals surface area contributed by atoms with Crippen LogP contribution >= 0.6 is 0 Å². The number of nitrogens with one attached hydrogen (secondary N) is 2. The fourth-order valence-electron chi connectivity index (χ4n) is 12.2. The second-order valence-electron chi connectivity index (χ2n) is 19.1. The quantitative estimate of drug-likeness (QED) is 0.216. The first kappa shape index (κ1) is 38.7. The van der Waals surface area contributed by atoms with E-state index in [1.807, 2.05) is 43.5 Å². The first-order valence-electron chi connectivity index (χ1n) is 22.4. The molecule has 7 aliphatic rings. The average molecular weight is 824 g/mol. The molecule has 0 radical (unpaired) electrons. The Hall–Kier alpha value is -4.17. The van der Waals surface area contributed by atoms with E-state index in [9.17, 15) is 18.0 Å². The van der Waals surface area contributed by atoms with Crippen LogP contribution in [-0.4, -0.2) is 120 Å². The molecule has 2 spiro atoms. The lowest BCUT2D eigenvalue weighted by atomic mass is 9.73. The number of carbonyl (C=O) groups is 1. The number of nitrogens with zero attached hydrogens (tertiary/aromatic N) is 5. The Morgan fingerprint density at radius 1 is 0.983 bits per heavy atom. The van der Waals surface area contributed by atoms with Gasteiger partial charge in [0.1, 0.15) is 5.75 Å². The van der Waals surface area contributed by atoms with Gasteiger partial charge in [0.25, 0.3) is 5.91 Å². The standard InChI is InChI=1S/C47H56F3N7O3/c1-30-21-36-34-6-2-3-7-39(34)53-41(36)42(57(30)28-47(48,49)50)40-11-8-32(24-52-40)55-19-14-46(15-20-55)22-31(27-60-46)25-54-17-12-45(13-18-54)29-59-43-37-26-56(33-5-4-16-51-23-33)44(58)35(37)9-10-38(43)45/h2-3,6-11,24,30-31,33,42,51,53H,4-5,12-23,25-29H2,1H3/t30-,31?,33?,42-/m1/s1. The van der Waals surface area contributed by atoms with Gasteiger partial charge in [-0.1, -0.05) is 24.3 Å². The Bertz CT molecular complexity index is 2260. The summed E-state index contributed by atoms with van der Waals surface area (Å²) in [6.07, 6.45) is 5.33. The van der Waals surface area contributed by atoms with Crippen molar-refractivity contribution in [2.24, 2.45) is 5.92 Å². The van der Waals surface area contributed by atoms with E-state index in [-0.39, 0.29) is 29.0 Å². The van der Waals surface area contributed by atoms with Crippen molar-refractivity contribution in [1.29, 1.82) is 0 Å². The third kappa shape index (κ3) is 6.69. The summed E-state index contributed by atoms with van der Waals surface area (Å²) in [5.41, 5.74) is 7.64. The van der Waals surface area contributed by atoms with E-state index in [0.29, 0.717) is 31.2 Å². The fraction of sp³-hybridized carbons (Fsp3) is 0.574. The number of alkyl halides is 3. The lowest BCUT2D eigenvalue weighted by Crippen LogP contribution is -2.47. The molecular formula is C47H56F3N7O3. The third-order valence-corrected chi connectivity index (χ3v) is 15.4. The highest BCUT2D eigenvalue weighted by atomic mass is 19.4. The molecule has 4 aromatic rings. The second-order valence-corrected chi connectivity index (χ2v) is 19.1. The fourth-order valence-corrected chi connectivity index (χ4v) is 12.2. The van der Waals surface area contributed by atoms with E-state index in [4.69, 9.17) is 14.5 Å².